The van der Waals surface area contributed by atoms with Crippen molar-refractivity contribution in [3.8, 4) is 0 Å². The fraction of sp³-hybridized carbons (Fsp3) is 0.700. The molecule has 0 saturated carbocycles. The van der Waals surface area contributed by atoms with Gasteiger partial charge in [0.05, 0.1) is 24.5 Å². The van der Waals surface area contributed by atoms with Crippen molar-refractivity contribution in [3.05, 3.63) is 0 Å². The molecule has 1 unspecified atom stereocenters. The average molecular weight is 241 g/mol. The van der Waals surface area contributed by atoms with E-state index in [0.717, 1.165) is 0 Å². The van der Waals surface area contributed by atoms with E-state index in [2.05, 4.69) is 10.6 Å². The monoisotopic (exact) mass is 241 g/mol. The smallest absolute Gasteiger partial charge is 0.305 e. The van der Waals surface area contributed by atoms with Crippen LogP contribution in [-0.4, -0.2) is 59.0 Å². The molecule has 17 heavy (non-hydrogen) atoms. The second kappa shape index (κ2) is 4.08. The molecule has 0 aliphatic carbocycles. The SMILES string of the molecule is CC1C(=O)NC(=O)CN1C1(CC(=O)O)CNC1. The zero-order valence-corrected chi connectivity index (χ0v) is 9.52. The summed E-state index contributed by atoms with van der Waals surface area (Å²) in [5.41, 5.74) is -0.612. The summed E-state index contributed by atoms with van der Waals surface area (Å²) in [5, 5.41) is 14.2. The molecule has 3 N–H and O–H groups in total. The molecule has 2 rings (SSSR count). The summed E-state index contributed by atoms with van der Waals surface area (Å²) in [7, 11) is 0. The Hall–Kier alpha value is -1.47. The normalized spacial score (nSPS) is 28.4. The lowest BCUT2D eigenvalue weighted by Gasteiger charge is -2.52. The van der Waals surface area contributed by atoms with E-state index in [4.69, 9.17) is 5.11 Å². The summed E-state index contributed by atoms with van der Waals surface area (Å²) in [6, 6.07) is -0.478. The van der Waals surface area contributed by atoms with Crippen molar-refractivity contribution < 1.29 is 19.5 Å². The first-order chi connectivity index (χ1) is 7.94. The number of rotatable bonds is 3. The summed E-state index contributed by atoms with van der Waals surface area (Å²) in [5.74, 6) is -1.65. The molecule has 2 aliphatic rings. The summed E-state index contributed by atoms with van der Waals surface area (Å²) in [6.07, 6.45) is -0.0646. The topological polar surface area (TPSA) is 98.7 Å². The van der Waals surface area contributed by atoms with E-state index in [1.165, 1.54) is 0 Å². The van der Waals surface area contributed by atoms with Crippen LogP contribution >= 0.6 is 0 Å². The van der Waals surface area contributed by atoms with Gasteiger partial charge in [0.1, 0.15) is 0 Å². The van der Waals surface area contributed by atoms with Gasteiger partial charge >= 0.3 is 5.97 Å². The first-order valence-electron chi connectivity index (χ1n) is 5.47. The Morgan fingerprint density at radius 2 is 2.18 bits per heavy atom. The number of carboxylic acids is 1. The molecule has 2 heterocycles. The number of nitrogens with one attached hydrogen (secondary N) is 2. The van der Waals surface area contributed by atoms with Gasteiger partial charge in [0.15, 0.2) is 0 Å². The van der Waals surface area contributed by atoms with E-state index in [-0.39, 0.29) is 24.8 Å². The highest BCUT2D eigenvalue weighted by molar-refractivity contribution is 6.01. The van der Waals surface area contributed by atoms with Crippen LogP contribution in [0.3, 0.4) is 0 Å². The van der Waals surface area contributed by atoms with E-state index in [1.54, 1.807) is 11.8 Å². The number of aliphatic carboxylic acids is 1. The highest BCUT2D eigenvalue weighted by atomic mass is 16.4. The van der Waals surface area contributed by atoms with Crippen LogP contribution in [0.4, 0.5) is 0 Å². The Labute approximate surface area is 98.2 Å². The lowest BCUT2D eigenvalue weighted by atomic mass is 9.84. The number of carbonyl (C=O) groups excluding carboxylic acids is 2. The van der Waals surface area contributed by atoms with Gasteiger partial charge in [-0.05, 0) is 6.92 Å². The molecular formula is C10H15N3O4. The number of hydrogen-bond donors (Lipinski definition) is 3. The minimum Gasteiger partial charge on any atom is -0.481 e. The standard InChI is InChI=1S/C10H15N3O4/c1-6-9(17)12-7(14)3-13(6)10(2-8(15)16)4-11-5-10/h6,11H,2-5H2,1H3,(H,15,16)(H,12,14,17). The number of piperazine rings is 1. The van der Waals surface area contributed by atoms with Crippen molar-refractivity contribution in [1.29, 1.82) is 0 Å². The molecule has 0 spiro atoms. The van der Waals surface area contributed by atoms with Gasteiger partial charge in [-0.15, -0.1) is 0 Å². The van der Waals surface area contributed by atoms with Crippen molar-refractivity contribution in [3.63, 3.8) is 0 Å². The van der Waals surface area contributed by atoms with Crippen LogP contribution in [0.2, 0.25) is 0 Å². The fourth-order valence-electron chi connectivity index (χ4n) is 2.42. The van der Waals surface area contributed by atoms with Crippen molar-refractivity contribution in [2.45, 2.75) is 24.9 Å². The molecule has 0 radical (unpaired) electrons. The minimum atomic E-state index is -0.919. The molecule has 94 valence electrons. The zero-order valence-electron chi connectivity index (χ0n) is 9.52. The van der Waals surface area contributed by atoms with Gasteiger partial charge in [0.25, 0.3) is 0 Å². The van der Waals surface area contributed by atoms with E-state index in [1.807, 2.05) is 0 Å². The Balaban J connectivity index is 2.20. The molecule has 2 amide bonds. The molecule has 2 aliphatic heterocycles. The Morgan fingerprint density at radius 3 is 2.65 bits per heavy atom. The van der Waals surface area contributed by atoms with Crippen LogP contribution in [0.25, 0.3) is 0 Å². The summed E-state index contributed by atoms with van der Waals surface area (Å²) >= 11 is 0. The van der Waals surface area contributed by atoms with Crippen LogP contribution in [0.15, 0.2) is 0 Å². The van der Waals surface area contributed by atoms with Crippen LogP contribution in [0.1, 0.15) is 13.3 Å². The van der Waals surface area contributed by atoms with Gasteiger partial charge in [-0.25, -0.2) is 0 Å². The van der Waals surface area contributed by atoms with Gasteiger partial charge in [-0.2, -0.15) is 0 Å². The number of imide groups is 1. The third-order valence-corrected chi connectivity index (χ3v) is 3.42. The molecule has 0 aromatic heterocycles. The van der Waals surface area contributed by atoms with Crippen LogP contribution in [0, 0.1) is 0 Å². The molecule has 2 fully saturated rings. The highest BCUT2D eigenvalue weighted by Gasteiger charge is 2.49. The minimum absolute atomic E-state index is 0.0646. The summed E-state index contributed by atoms with van der Waals surface area (Å²) in [6.45, 7) is 2.74. The molecule has 2 saturated heterocycles. The number of nitrogens with zero attached hydrogens (tertiary/aromatic N) is 1. The lowest BCUT2D eigenvalue weighted by molar-refractivity contribution is -0.152. The second-order valence-electron chi connectivity index (χ2n) is 4.61. The van der Waals surface area contributed by atoms with Crippen LogP contribution in [0.5, 0.6) is 0 Å². The van der Waals surface area contributed by atoms with Crippen molar-refractivity contribution in [2.24, 2.45) is 0 Å². The largest absolute Gasteiger partial charge is 0.481 e. The number of hydrogen-bond acceptors (Lipinski definition) is 5. The van der Waals surface area contributed by atoms with E-state index in [9.17, 15) is 14.4 Å². The first kappa shape index (κ1) is 12.0. The quantitative estimate of drug-likeness (QED) is 0.502. The molecule has 7 heteroatoms. The van der Waals surface area contributed by atoms with Gasteiger partial charge in [0.2, 0.25) is 11.8 Å². The summed E-state index contributed by atoms with van der Waals surface area (Å²) < 4.78 is 0. The maximum absolute atomic E-state index is 11.5. The maximum atomic E-state index is 11.5. The molecule has 0 aromatic carbocycles. The third kappa shape index (κ3) is 2.03. The van der Waals surface area contributed by atoms with E-state index < -0.39 is 17.6 Å². The number of carboxylic acid groups (broad SMARTS) is 1. The zero-order chi connectivity index (χ0) is 12.6. The Morgan fingerprint density at radius 1 is 1.53 bits per heavy atom. The van der Waals surface area contributed by atoms with Gasteiger partial charge in [-0.1, -0.05) is 0 Å². The Bertz CT molecular complexity index is 378. The molecular weight excluding hydrogens is 226 g/mol. The van der Waals surface area contributed by atoms with Crippen LogP contribution in [-0.2, 0) is 14.4 Å². The van der Waals surface area contributed by atoms with Crippen molar-refractivity contribution >= 4 is 17.8 Å². The van der Waals surface area contributed by atoms with Crippen molar-refractivity contribution in [1.82, 2.24) is 15.5 Å². The number of carbonyl (C=O) groups is 3. The van der Waals surface area contributed by atoms with E-state index >= 15 is 0 Å². The third-order valence-electron chi connectivity index (χ3n) is 3.42. The maximum Gasteiger partial charge on any atom is 0.305 e. The van der Waals surface area contributed by atoms with Gasteiger partial charge < -0.3 is 10.4 Å². The fourth-order valence-corrected chi connectivity index (χ4v) is 2.42. The van der Waals surface area contributed by atoms with Gasteiger partial charge in [0, 0.05) is 13.1 Å². The van der Waals surface area contributed by atoms with Crippen LogP contribution < -0.4 is 10.6 Å². The first-order valence-corrected chi connectivity index (χ1v) is 5.47. The predicted molar refractivity (Wildman–Crippen MR) is 57.2 cm³/mol. The summed E-state index contributed by atoms with van der Waals surface area (Å²) in [4.78, 5) is 35.5. The lowest BCUT2D eigenvalue weighted by Crippen LogP contribution is -2.75. The molecule has 0 bridgehead atoms. The predicted octanol–water partition coefficient (Wildman–Crippen LogP) is -1.85. The average Bonchev–Trinajstić information content (AvgIpc) is 2.17. The highest BCUT2D eigenvalue weighted by Crippen LogP contribution is 2.28. The van der Waals surface area contributed by atoms with Crippen molar-refractivity contribution in [2.75, 3.05) is 19.6 Å². The second-order valence-corrected chi connectivity index (χ2v) is 4.61. The molecule has 7 nitrogen and oxygen atoms in total. The Kier molecular flexibility index (Phi) is 2.88. The van der Waals surface area contributed by atoms with Gasteiger partial charge in [-0.3, -0.25) is 24.6 Å². The molecule has 1 atom stereocenters. The van der Waals surface area contributed by atoms with E-state index in [0.29, 0.717) is 13.1 Å². The number of amides is 2. The molecule has 0 aromatic rings.